The van der Waals surface area contributed by atoms with Gasteiger partial charge >= 0.3 is 0 Å². The number of aromatic hydroxyl groups is 1. The van der Waals surface area contributed by atoms with Gasteiger partial charge in [-0.25, -0.2) is 0 Å². The van der Waals surface area contributed by atoms with Gasteiger partial charge in [0.15, 0.2) is 0 Å². The number of phenolic OH excluding ortho intramolecular Hbond substituents is 1. The van der Waals surface area contributed by atoms with Crippen LogP contribution in [0.5, 0.6) is 5.75 Å². The van der Waals surface area contributed by atoms with Crippen molar-refractivity contribution in [3.8, 4) is 17.6 Å². The third-order valence-corrected chi connectivity index (χ3v) is 1.35. The molecule has 0 aliphatic carbocycles. The smallest absolute Gasteiger partial charge is 0.116 e. The third kappa shape index (κ3) is 2.65. The molecule has 1 rings (SSSR count). The molecular formula is C10H11NO. The highest BCUT2D eigenvalue weighted by Crippen LogP contribution is 2.09. The van der Waals surface area contributed by atoms with Crippen molar-refractivity contribution >= 4 is 0 Å². The quantitative estimate of drug-likeness (QED) is 0.606. The van der Waals surface area contributed by atoms with Gasteiger partial charge in [-0.15, -0.1) is 0 Å². The summed E-state index contributed by atoms with van der Waals surface area (Å²) in [5.41, 5.74) is 6.09. The maximum atomic E-state index is 9.08. The molecule has 0 unspecified atom stereocenters. The van der Waals surface area contributed by atoms with Crippen molar-refractivity contribution in [1.29, 1.82) is 0 Å². The average molecular weight is 161 g/mol. The Morgan fingerprint density at radius 1 is 1.42 bits per heavy atom. The van der Waals surface area contributed by atoms with E-state index in [4.69, 9.17) is 10.8 Å². The Morgan fingerprint density at radius 2 is 2.25 bits per heavy atom. The van der Waals surface area contributed by atoms with Gasteiger partial charge in [-0.1, -0.05) is 17.9 Å². The van der Waals surface area contributed by atoms with Gasteiger partial charge in [0.05, 0.1) is 0 Å². The van der Waals surface area contributed by atoms with Crippen molar-refractivity contribution in [2.24, 2.45) is 5.73 Å². The molecule has 1 aromatic carbocycles. The summed E-state index contributed by atoms with van der Waals surface area (Å²) in [4.78, 5) is 0. The summed E-state index contributed by atoms with van der Waals surface area (Å²) in [6, 6.07) is 6.86. The van der Waals surface area contributed by atoms with E-state index in [2.05, 4.69) is 11.8 Å². The van der Waals surface area contributed by atoms with Crippen molar-refractivity contribution < 1.29 is 5.11 Å². The average Bonchev–Trinajstić information content (AvgIpc) is 2.05. The van der Waals surface area contributed by atoms with Crippen molar-refractivity contribution in [3.05, 3.63) is 29.8 Å². The number of hydrogen-bond acceptors (Lipinski definition) is 2. The molecule has 0 fully saturated rings. The van der Waals surface area contributed by atoms with Crippen LogP contribution in [-0.2, 0) is 0 Å². The number of benzene rings is 1. The van der Waals surface area contributed by atoms with E-state index in [1.165, 1.54) is 0 Å². The zero-order chi connectivity index (χ0) is 8.81. The number of rotatable bonds is 1. The van der Waals surface area contributed by atoms with Gasteiger partial charge < -0.3 is 10.8 Å². The highest BCUT2D eigenvalue weighted by atomic mass is 16.3. The molecular weight excluding hydrogens is 150 g/mol. The fraction of sp³-hybridized carbons (Fsp3) is 0.200. The summed E-state index contributed by atoms with van der Waals surface area (Å²) in [5, 5.41) is 9.08. The molecule has 62 valence electrons. The molecule has 0 spiro atoms. The first-order valence-electron chi connectivity index (χ1n) is 3.81. The van der Waals surface area contributed by atoms with E-state index < -0.39 is 0 Å². The number of phenols is 1. The molecule has 2 nitrogen and oxygen atoms in total. The highest BCUT2D eigenvalue weighted by molar-refractivity contribution is 5.38. The molecule has 0 atom stereocenters. The Labute approximate surface area is 72.0 Å². The lowest BCUT2D eigenvalue weighted by atomic mass is 10.2. The lowest BCUT2D eigenvalue weighted by Gasteiger charge is -1.90. The van der Waals surface area contributed by atoms with Crippen molar-refractivity contribution in [2.45, 2.75) is 6.42 Å². The van der Waals surface area contributed by atoms with Crippen LogP contribution in [0.15, 0.2) is 24.3 Å². The van der Waals surface area contributed by atoms with Crippen LogP contribution in [0.3, 0.4) is 0 Å². The molecule has 0 amide bonds. The second-order valence-electron chi connectivity index (χ2n) is 2.39. The van der Waals surface area contributed by atoms with E-state index in [-0.39, 0.29) is 5.75 Å². The van der Waals surface area contributed by atoms with Crippen LogP contribution in [-0.4, -0.2) is 11.7 Å². The minimum absolute atomic E-state index is 0.245. The van der Waals surface area contributed by atoms with Gasteiger partial charge in [-0.3, -0.25) is 0 Å². The molecule has 0 radical (unpaired) electrons. The van der Waals surface area contributed by atoms with Crippen LogP contribution in [0.1, 0.15) is 12.0 Å². The standard InChI is InChI=1S/C10H11NO/c11-7-2-1-4-9-5-3-6-10(12)8-9/h3,5-6,8,12H,2,7,11H2. The molecule has 3 N–H and O–H groups in total. The highest BCUT2D eigenvalue weighted by Gasteiger charge is 1.87. The Morgan fingerprint density at radius 3 is 2.92 bits per heavy atom. The minimum atomic E-state index is 0.245. The summed E-state index contributed by atoms with van der Waals surface area (Å²) in [6.07, 6.45) is 0.690. The predicted octanol–water partition coefficient (Wildman–Crippen LogP) is 1.09. The van der Waals surface area contributed by atoms with Crippen molar-refractivity contribution in [3.63, 3.8) is 0 Å². The Kier molecular flexibility index (Phi) is 3.18. The van der Waals surface area contributed by atoms with Gasteiger partial charge in [-0.2, -0.15) is 0 Å². The maximum absolute atomic E-state index is 9.08. The third-order valence-electron chi connectivity index (χ3n) is 1.35. The summed E-state index contributed by atoms with van der Waals surface area (Å²) in [7, 11) is 0. The first kappa shape index (κ1) is 8.63. The fourth-order valence-corrected chi connectivity index (χ4v) is 0.820. The van der Waals surface area contributed by atoms with Gasteiger partial charge in [0.25, 0.3) is 0 Å². The van der Waals surface area contributed by atoms with E-state index in [9.17, 15) is 0 Å². The SMILES string of the molecule is NCCC#Cc1cccc(O)c1. The summed E-state index contributed by atoms with van der Waals surface area (Å²) in [5.74, 6) is 6.03. The van der Waals surface area contributed by atoms with Crippen LogP contribution in [0.4, 0.5) is 0 Å². The molecule has 0 bridgehead atoms. The summed E-state index contributed by atoms with van der Waals surface area (Å²) < 4.78 is 0. The zero-order valence-corrected chi connectivity index (χ0v) is 6.75. The van der Waals surface area contributed by atoms with Gasteiger partial charge in [-0.05, 0) is 18.2 Å². The first-order valence-corrected chi connectivity index (χ1v) is 3.81. The van der Waals surface area contributed by atoms with Gasteiger partial charge in [0, 0.05) is 18.5 Å². The summed E-state index contributed by atoms with van der Waals surface area (Å²) >= 11 is 0. The zero-order valence-electron chi connectivity index (χ0n) is 6.75. The Hall–Kier alpha value is -1.46. The van der Waals surface area contributed by atoms with Crippen LogP contribution >= 0.6 is 0 Å². The molecule has 0 aliphatic heterocycles. The topological polar surface area (TPSA) is 46.2 Å². The van der Waals surface area contributed by atoms with Crippen LogP contribution < -0.4 is 5.73 Å². The molecule has 0 aliphatic rings. The molecule has 0 saturated carbocycles. The first-order chi connectivity index (χ1) is 5.83. The molecule has 1 aromatic rings. The fourth-order valence-electron chi connectivity index (χ4n) is 0.820. The van der Waals surface area contributed by atoms with E-state index in [0.717, 1.165) is 5.56 Å². The van der Waals surface area contributed by atoms with Crippen LogP contribution in [0.25, 0.3) is 0 Å². The van der Waals surface area contributed by atoms with Crippen LogP contribution in [0.2, 0.25) is 0 Å². The van der Waals surface area contributed by atoms with Gasteiger partial charge in [0.1, 0.15) is 5.75 Å². The maximum Gasteiger partial charge on any atom is 0.116 e. The monoisotopic (exact) mass is 161 g/mol. The Bertz CT molecular complexity index is 309. The molecule has 0 heterocycles. The Balaban J connectivity index is 2.71. The number of hydrogen-bond donors (Lipinski definition) is 2. The second-order valence-corrected chi connectivity index (χ2v) is 2.39. The normalized spacial score (nSPS) is 8.75. The molecule has 0 saturated heterocycles. The predicted molar refractivity (Wildman–Crippen MR) is 48.7 cm³/mol. The lowest BCUT2D eigenvalue weighted by Crippen LogP contribution is -1.95. The van der Waals surface area contributed by atoms with Crippen molar-refractivity contribution in [1.82, 2.24) is 0 Å². The molecule has 12 heavy (non-hydrogen) atoms. The van der Waals surface area contributed by atoms with E-state index in [1.54, 1.807) is 18.2 Å². The van der Waals surface area contributed by atoms with E-state index in [1.807, 2.05) is 6.07 Å². The summed E-state index contributed by atoms with van der Waals surface area (Å²) in [6.45, 7) is 0.575. The van der Waals surface area contributed by atoms with Crippen molar-refractivity contribution in [2.75, 3.05) is 6.54 Å². The number of nitrogens with two attached hydrogens (primary N) is 1. The van der Waals surface area contributed by atoms with Crippen LogP contribution in [0, 0.1) is 11.8 Å². The van der Waals surface area contributed by atoms with E-state index >= 15 is 0 Å². The largest absolute Gasteiger partial charge is 0.508 e. The lowest BCUT2D eigenvalue weighted by molar-refractivity contribution is 0.475. The van der Waals surface area contributed by atoms with E-state index in [0.29, 0.717) is 13.0 Å². The van der Waals surface area contributed by atoms with Gasteiger partial charge in [0.2, 0.25) is 0 Å². The second kappa shape index (κ2) is 4.42. The molecule has 0 aromatic heterocycles. The minimum Gasteiger partial charge on any atom is -0.508 e. The molecule has 2 heteroatoms.